The number of rotatable bonds is 4. The highest BCUT2D eigenvalue weighted by atomic mass is 16.5. The van der Waals surface area contributed by atoms with E-state index in [2.05, 4.69) is 6.07 Å². The van der Waals surface area contributed by atoms with Gasteiger partial charge in [-0.1, -0.05) is 12.1 Å². The first-order valence-corrected chi connectivity index (χ1v) is 6.20. The lowest BCUT2D eigenvalue weighted by atomic mass is 10.0. The third-order valence-electron chi connectivity index (χ3n) is 3.23. The van der Waals surface area contributed by atoms with Gasteiger partial charge in [-0.25, -0.2) is 0 Å². The molecule has 3 nitrogen and oxygen atoms in total. The van der Waals surface area contributed by atoms with Crippen LogP contribution in [0.1, 0.15) is 16.7 Å². The lowest BCUT2D eigenvalue weighted by Crippen LogP contribution is -1.97. The molecular formula is C16H19NO2. The molecule has 2 aromatic rings. The number of nitrogen functional groups attached to an aromatic ring is 1. The van der Waals surface area contributed by atoms with Crippen LogP contribution in [0.3, 0.4) is 0 Å². The van der Waals surface area contributed by atoms with Gasteiger partial charge < -0.3 is 15.2 Å². The van der Waals surface area contributed by atoms with Crippen LogP contribution in [0, 0.1) is 6.92 Å². The second-order valence-electron chi connectivity index (χ2n) is 4.55. The summed E-state index contributed by atoms with van der Waals surface area (Å²) in [5, 5.41) is 0. The van der Waals surface area contributed by atoms with E-state index in [0.717, 1.165) is 40.3 Å². The number of hydrogen-bond acceptors (Lipinski definition) is 3. The average molecular weight is 257 g/mol. The molecule has 0 aromatic heterocycles. The number of ether oxygens (including phenoxy) is 2. The van der Waals surface area contributed by atoms with E-state index in [1.165, 1.54) is 0 Å². The molecule has 0 radical (unpaired) electrons. The third-order valence-corrected chi connectivity index (χ3v) is 3.23. The molecule has 0 aliphatic heterocycles. The lowest BCUT2D eigenvalue weighted by molar-refractivity contribution is 0.399. The molecule has 0 spiro atoms. The zero-order valence-corrected chi connectivity index (χ0v) is 11.6. The summed E-state index contributed by atoms with van der Waals surface area (Å²) >= 11 is 0. The van der Waals surface area contributed by atoms with Gasteiger partial charge in [-0.05, 0) is 42.3 Å². The fourth-order valence-electron chi connectivity index (χ4n) is 2.04. The molecule has 0 amide bonds. The van der Waals surface area contributed by atoms with Crippen LogP contribution < -0.4 is 15.2 Å². The van der Waals surface area contributed by atoms with Gasteiger partial charge in [0.15, 0.2) is 0 Å². The Bertz CT molecular complexity index is 579. The molecule has 19 heavy (non-hydrogen) atoms. The topological polar surface area (TPSA) is 44.5 Å². The van der Waals surface area contributed by atoms with Crippen molar-refractivity contribution in [3.8, 4) is 11.5 Å². The Morgan fingerprint density at radius 2 is 1.79 bits per heavy atom. The monoisotopic (exact) mass is 257 g/mol. The Balaban J connectivity index is 2.33. The molecule has 0 aliphatic carbocycles. The van der Waals surface area contributed by atoms with E-state index in [9.17, 15) is 0 Å². The van der Waals surface area contributed by atoms with Crippen LogP contribution in [0.2, 0.25) is 0 Å². The van der Waals surface area contributed by atoms with Crippen LogP contribution in [0.15, 0.2) is 36.4 Å². The van der Waals surface area contributed by atoms with Crippen LogP contribution in [0.5, 0.6) is 11.5 Å². The van der Waals surface area contributed by atoms with Crippen molar-refractivity contribution in [1.82, 2.24) is 0 Å². The molecular weight excluding hydrogens is 238 g/mol. The summed E-state index contributed by atoms with van der Waals surface area (Å²) in [5.41, 5.74) is 10.1. The Morgan fingerprint density at radius 1 is 1.00 bits per heavy atom. The Kier molecular flexibility index (Phi) is 3.95. The molecule has 0 atom stereocenters. The fraction of sp³-hybridized carbons (Fsp3) is 0.250. The van der Waals surface area contributed by atoms with Crippen molar-refractivity contribution in [2.75, 3.05) is 20.0 Å². The highest BCUT2D eigenvalue weighted by Crippen LogP contribution is 2.27. The van der Waals surface area contributed by atoms with Gasteiger partial charge in [-0.3, -0.25) is 0 Å². The van der Waals surface area contributed by atoms with Gasteiger partial charge in [-0.2, -0.15) is 0 Å². The minimum atomic E-state index is 0.769. The van der Waals surface area contributed by atoms with Crippen molar-refractivity contribution < 1.29 is 9.47 Å². The first-order chi connectivity index (χ1) is 9.13. The molecule has 0 saturated heterocycles. The van der Waals surface area contributed by atoms with E-state index in [-0.39, 0.29) is 0 Å². The number of benzene rings is 2. The van der Waals surface area contributed by atoms with E-state index in [4.69, 9.17) is 15.2 Å². The molecule has 2 aromatic carbocycles. The van der Waals surface area contributed by atoms with Crippen molar-refractivity contribution >= 4 is 5.69 Å². The summed E-state index contributed by atoms with van der Waals surface area (Å²) in [6.45, 7) is 2.01. The quantitative estimate of drug-likeness (QED) is 0.855. The summed E-state index contributed by atoms with van der Waals surface area (Å²) in [7, 11) is 3.34. The predicted octanol–water partition coefficient (Wildman–Crippen LogP) is 3.19. The van der Waals surface area contributed by atoms with Crippen molar-refractivity contribution in [2.45, 2.75) is 13.3 Å². The van der Waals surface area contributed by atoms with Gasteiger partial charge in [0, 0.05) is 17.7 Å². The SMILES string of the molecule is COc1ccc(OC)c(Cc2ccc(C)c(N)c2)c1. The fourth-order valence-corrected chi connectivity index (χ4v) is 2.04. The minimum absolute atomic E-state index is 0.769. The zero-order chi connectivity index (χ0) is 13.8. The van der Waals surface area contributed by atoms with Crippen LogP contribution >= 0.6 is 0 Å². The summed E-state index contributed by atoms with van der Waals surface area (Å²) in [4.78, 5) is 0. The number of anilines is 1. The highest BCUT2D eigenvalue weighted by molar-refractivity contribution is 5.50. The van der Waals surface area contributed by atoms with Gasteiger partial charge in [0.05, 0.1) is 14.2 Å². The maximum atomic E-state index is 5.94. The Hall–Kier alpha value is -2.16. The lowest BCUT2D eigenvalue weighted by Gasteiger charge is -2.11. The smallest absolute Gasteiger partial charge is 0.122 e. The summed E-state index contributed by atoms with van der Waals surface area (Å²) < 4.78 is 10.6. The van der Waals surface area contributed by atoms with Crippen molar-refractivity contribution in [3.63, 3.8) is 0 Å². The molecule has 3 heteroatoms. The van der Waals surface area contributed by atoms with Gasteiger partial charge in [0.1, 0.15) is 11.5 Å². The molecule has 0 aliphatic rings. The molecule has 0 unspecified atom stereocenters. The summed E-state index contributed by atoms with van der Waals surface area (Å²) in [5.74, 6) is 1.69. The zero-order valence-electron chi connectivity index (χ0n) is 11.6. The first kappa shape index (κ1) is 13.3. The normalized spacial score (nSPS) is 10.3. The largest absolute Gasteiger partial charge is 0.497 e. The van der Waals surface area contributed by atoms with Crippen molar-refractivity contribution in [3.05, 3.63) is 53.1 Å². The van der Waals surface area contributed by atoms with Crippen LogP contribution in [-0.2, 0) is 6.42 Å². The third kappa shape index (κ3) is 2.99. The Morgan fingerprint density at radius 3 is 2.42 bits per heavy atom. The number of nitrogens with two attached hydrogens (primary N) is 1. The van der Waals surface area contributed by atoms with E-state index in [1.807, 2.05) is 37.3 Å². The van der Waals surface area contributed by atoms with E-state index in [1.54, 1.807) is 14.2 Å². The second-order valence-corrected chi connectivity index (χ2v) is 4.55. The number of methoxy groups -OCH3 is 2. The maximum absolute atomic E-state index is 5.94. The predicted molar refractivity (Wildman–Crippen MR) is 77.9 cm³/mol. The Labute approximate surface area is 114 Å². The molecule has 0 bridgehead atoms. The molecule has 0 heterocycles. The molecule has 0 saturated carbocycles. The summed E-state index contributed by atoms with van der Waals surface area (Å²) in [6, 6.07) is 11.9. The van der Waals surface area contributed by atoms with Gasteiger partial charge in [-0.15, -0.1) is 0 Å². The molecule has 100 valence electrons. The highest BCUT2D eigenvalue weighted by Gasteiger charge is 2.07. The maximum Gasteiger partial charge on any atom is 0.122 e. The van der Waals surface area contributed by atoms with Crippen LogP contribution in [0.25, 0.3) is 0 Å². The molecule has 2 rings (SSSR count). The van der Waals surface area contributed by atoms with Crippen LogP contribution in [-0.4, -0.2) is 14.2 Å². The van der Waals surface area contributed by atoms with E-state index >= 15 is 0 Å². The number of aryl methyl sites for hydroxylation is 1. The van der Waals surface area contributed by atoms with Crippen molar-refractivity contribution in [1.29, 1.82) is 0 Å². The average Bonchev–Trinajstić information content (AvgIpc) is 2.43. The van der Waals surface area contributed by atoms with Gasteiger partial charge in [0.25, 0.3) is 0 Å². The second kappa shape index (κ2) is 5.65. The van der Waals surface area contributed by atoms with Gasteiger partial charge in [0.2, 0.25) is 0 Å². The first-order valence-electron chi connectivity index (χ1n) is 6.20. The van der Waals surface area contributed by atoms with Gasteiger partial charge >= 0.3 is 0 Å². The summed E-state index contributed by atoms with van der Waals surface area (Å²) in [6.07, 6.45) is 0.769. The standard InChI is InChI=1S/C16H19NO2/c1-11-4-5-12(9-15(11)17)8-13-10-14(18-2)6-7-16(13)19-3/h4-7,9-10H,8,17H2,1-3H3. The van der Waals surface area contributed by atoms with E-state index in [0.29, 0.717) is 0 Å². The molecule has 2 N–H and O–H groups in total. The number of hydrogen-bond donors (Lipinski definition) is 1. The minimum Gasteiger partial charge on any atom is -0.497 e. The molecule has 0 fully saturated rings. The van der Waals surface area contributed by atoms with Crippen molar-refractivity contribution in [2.24, 2.45) is 0 Å². The van der Waals surface area contributed by atoms with Crippen LogP contribution in [0.4, 0.5) is 5.69 Å². The van der Waals surface area contributed by atoms with E-state index < -0.39 is 0 Å².